The van der Waals surface area contributed by atoms with Crippen molar-refractivity contribution in [2.45, 2.75) is 60.0 Å². The molecule has 0 N–H and O–H groups in total. The van der Waals surface area contributed by atoms with Crippen molar-refractivity contribution in [2.24, 2.45) is 5.92 Å². The summed E-state index contributed by atoms with van der Waals surface area (Å²) in [6.45, 7) is 3.79. The van der Waals surface area contributed by atoms with E-state index in [1.807, 2.05) is 0 Å². The number of sulfonamides is 2. The number of halogens is 2. The fraction of sp³-hybridized carbons (Fsp3) is 0.581. The van der Waals surface area contributed by atoms with Crippen molar-refractivity contribution in [3.8, 4) is 0 Å². The van der Waals surface area contributed by atoms with Gasteiger partial charge in [0.2, 0.25) is 26.0 Å². The van der Waals surface area contributed by atoms with Crippen molar-refractivity contribution in [2.75, 3.05) is 63.5 Å². The van der Waals surface area contributed by atoms with E-state index in [0.717, 1.165) is 12.8 Å². The summed E-state index contributed by atoms with van der Waals surface area (Å²) in [5.74, 6) is -0.404. The first-order chi connectivity index (χ1) is 22.2. The highest BCUT2D eigenvalue weighted by Crippen LogP contribution is 2.31. The number of carbonyl (C=O) groups is 1. The number of likely N-dealkylation sites (tertiary alicyclic amines) is 1. The zero-order valence-corrected chi connectivity index (χ0v) is 30.4. The van der Waals surface area contributed by atoms with Crippen LogP contribution in [0.5, 0.6) is 0 Å². The number of nitrogens with zero attached hydrogens (tertiary/aromatic N) is 4. The molecule has 0 atom stereocenters. The largest absolute Gasteiger partial charge is 0.312 e. The molecule has 2 aromatic carbocycles. The van der Waals surface area contributed by atoms with Crippen molar-refractivity contribution in [3.63, 3.8) is 0 Å². The Hall–Kier alpha value is -1.78. The van der Waals surface area contributed by atoms with Crippen LogP contribution in [0.25, 0.3) is 0 Å². The second-order valence-corrected chi connectivity index (χ2v) is 19.5. The molecule has 0 unspecified atom stereocenters. The summed E-state index contributed by atoms with van der Waals surface area (Å²) in [6.07, 6.45) is 5.23. The Morgan fingerprint density at radius 1 is 0.766 bits per heavy atom. The number of piperidine rings is 2. The normalized spacial score (nSPS) is 20.1. The molecule has 11 nitrogen and oxygen atoms in total. The van der Waals surface area contributed by atoms with Gasteiger partial charge in [0.25, 0.3) is 0 Å². The maximum absolute atomic E-state index is 13.7. The Morgan fingerprint density at radius 3 is 1.94 bits per heavy atom. The van der Waals surface area contributed by atoms with Crippen LogP contribution in [0.2, 0.25) is 10.0 Å². The molecule has 3 heterocycles. The molecule has 0 aliphatic carbocycles. The molecular formula is C31H42Cl2N4O7S3. The van der Waals surface area contributed by atoms with E-state index >= 15 is 0 Å². The molecule has 2 aromatic rings. The predicted molar refractivity (Wildman–Crippen MR) is 184 cm³/mol. The van der Waals surface area contributed by atoms with Gasteiger partial charge in [-0.05, 0) is 107 Å². The predicted octanol–water partition coefficient (Wildman–Crippen LogP) is 4.11. The van der Waals surface area contributed by atoms with Crippen LogP contribution in [-0.2, 0) is 34.7 Å². The maximum Gasteiger partial charge on any atom is 0.243 e. The van der Waals surface area contributed by atoms with E-state index in [4.69, 9.17) is 23.2 Å². The number of hydrogen-bond acceptors (Lipinski definition) is 8. The van der Waals surface area contributed by atoms with Crippen LogP contribution in [0, 0.1) is 5.92 Å². The minimum Gasteiger partial charge on any atom is -0.312 e. The van der Waals surface area contributed by atoms with Gasteiger partial charge in [-0.25, -0.2) is 29.6 Å². The van der Waals surface area contributed by atoms with Crippen molar-refractivity contribution in [3.05, 3.63) is 52.5 Å². The Bertz CT molecular complexity index is 1750. The van der Waals surface area contributed by atoms with Gasteiger partial charge in [0.1, 0.15) is 0 Å². The second kappa shape index (κ2) is 15.0. The molecule has 3 saturated heterocycles. The molecule has 0 spiro atoms. The average molecular weight is 750 g/mol. The fourth-order valence-corrected chi connectivity index (χ4v) is 11.1. The number of benzene rings is 2. The first-order valence-corrected chi connectivity index (χ1v) is 21.5. The summed E-state index contributed by atoms with van der Waals surface area (Å²) in [5.41, 5.74) is 0.624. The van der Waals surface area contributed by atoms with Crippen molar-refractivity contribution < 1.29 is 30.0 Å². The molecule has 260 valence electrons. The first-order valence-electron chi connectivity index (χ1n) is 16.0. The van der Waals surface area contributed by atoms with Crippen LogP contribution in [0.4, 0.5) is 5.69 Å². The lowest BCUT2D eigenvalue weighted by Crippen LogP contribution is -2.45. The number of rotatable bonds is 11. The minimum absolute atomic E-state index is 0.0828. The molecule has 16 heteroatoms. The number of anilines is 1. The summed E-state index contributed by atoms with van der Waals surface area (Å²) in [5, 5.41) is 0.150. The van der Waals surface area contributed by atoms with Crippen molar-refractivity contribution >= 4 is 64.7 Å². The molecule has 1 amide bonds. The average Bonchev–Trinajstić information content (AvgIpc) is 3.61. The lowest BCUT2D eigenvalue weighted by Gasteiger charge is -2.34. The van der Waals surface area contributed by atoms with Gasteiger partial charge in [0.15, 0.2) is 9.84 Å². The van der Waals surface area contributed by atoms with Crippen LogP contribution >= 0.6 is 23.2 Å². The Morgan fingerprint density at radius 2 is 1.36 bits per heavy atom. The van der Waals surface area contributed by atoms with Gasteiger partial charge >= 0.3 is 0 Å². The second-order valence-electron chi connectivity index (χ2n) is 12.5. The molecule has 3 fully saturated rings. The topological polar surface area (TPSA) is 132 Å². The molecule has 5 rings (SSSR count). The van der Waals surface area contributed by atoms with Gasteiger partial charge in [0, 0.05) is 44.3 Å². The van der Waals surface area contributed by atoms with Crippen LogP contribution in [0.15, 0.2) is 52.3 Å². The van der Waals surface area contributed by atoms with E-state index in [1.54, 1.807) is 23.1 Å². The standard InChI is InChI=1S/C31H42Cl2N4O7S3/c1-45(39,40)35-21-11-24(12-22-35)31(38)37(25-5-10-29(32)30(33)23-25)18-4-15-34-19-13-27(14-20-34)46(41,42)26-6-8-28(9-7-26)47(43,44)36-16-2-3-17-36/h5-10,23-24,27H,2-4,11-22H2,1H3. The summed E-state index contributed by atoms with van der Waals surface area (Å²) >= 11 is 12.4. The van der Waals surface area contributed by atoms with Gasteiger partial charge in [-0.15, -0.1) is 0 Å². The van der Waals surface area contributed by atoms with Gasteiger partial charge in [-0.1, -0.05) is 23.2 Å². The van der Waals surface area contributed by atoms with E-state index in [0.29, 0.717) is 100 Å². The van der Waals surface area contributed by atoms with Crippen molar-refractivity contribution in [1.29, 1.82) is 0 Å². The SMILES string of the molecule is CS(=O)(=O)N1CCC(C(=O)N(CCCN2CCC(S(=O)(=O)c3ccc(S(=O)(=O)N4CCCC4)cc3)CC2)c2ccc(Cl)c(Cl)c2)CC1. The van der Waals surface area contributed by atoms with Gasteiger partial charge in [-0.2, -0.15) is 4.31 Å². The quantitative estimate of drug-likeness (QED) is 0.336. The van der Waals surface area contributed by atoms with E-state index in [-0.39, 0.29) is 21.6 Å². The van der Waals surface area contributed by atoms with E-state index in [9.17, 15) is 30.0 Å². The molecule has 0 aromatic heterocycles. The van der Waals surface area contributed by atoms with Gasteiger partial charge < -0.3 is 9.80 Å². The van der Waals surface area contributed by atoms with E-state index in [2.05, 4.69) is 4.90 Å². The van der Waals surface area contributed by atoms with Crippen molar-refractivity contribution in [1.82, 2.24) is 13.5 Å². The Kier molecular flexibility index (Phi) is 11.6. The zero-order chi connectivity index (χ0) is 34.0. The molecule has 0 bridgehead atoms. The first kappa shape index (κ1) is 36.5. The third kappa shape index (κ3) is 8.51. The molecule has 0 radical (unpaired) electrons. The van der Waals surface area contributed by atoms with Crippen LogP contribution in [0.1, 0.15) is 44.9 Å². The highest BCUT2D eigenvalue weighted by molar-refractivity contribution is 7.92. The van der Waals surface area contributed by atoms with Gasteiger partial charge in [0.05, 0.1) is 31.3 Å². The third-order valence-corrected chi connectivity index (χ3v) is 15.7. The number of amides is 1. The summed E-state index contributed by atoms with van der Waals surface area (Å²) in [7, 11) is -10.6. The number of hydrogen-bond donors (Lipinski definition) is 0. The smallest absolute Gasteiger partial charge is 0.243 e. The monoisotopic (exact) mass is 748 g/mol. The number of carbonyl (C=O) groups excluding carboxylic acids is 1. The summed E-state index contributed by atoms with van der Waals surface area (Å²) in [6, 6.07) is 10.7. The van der Waals surface area contributed by atoms with Crippen LogP contribution in [0.3, 0.4) is 0 Å². The van der Waals surface area contributed by atoms with E-state index < -0.39 is 35.1 Å². The fourth-order valence-electron chi connectivity index (χ4n) is 6.64. The highest BCUT2D eigenvalue weighted by Gasteiger charge is 2.34. The van der Waals surface area contributed by atoms with Crippen LogP contribution in [-0.4, -0.2) is 109 Å². The third-order valence-electron chi connectivity index (χ3n) is 9.44. The molecule has 3 aliphatic heterocycles. The van der Waals surface area contributed by atoms with Crippen LogP contribution < -0.4 is 4.90 Å². The summed E-state index contributed by atoms with van der Waals surface area (Å²) in [4.78, 5) is 17.9. The maximum atomic E-state index is 13.7. The minimum atomic E-state index is -3.63. The molecule has 3 aliphatic rings. The number of sulfone groups is 1. The van der Waals surface area contributed by atoms with Gasteiger partial charge in [-0.3, -0.25) is 4.79 Å². The lowest BCUT2D eigenvalue weighted by molar-refractivity contribution is -0.123. The molecular weight excluding hydrogens is 707 g/mol. The Labute approximate surface area is 288 Å². The zero-order valence-electron chi connectivity index (χ0n) is 26.4. The summed E-state index contributed by atoms with van der Waals surface area (Å²) < 4.78 is 79.3. The molecule has 0 saturated carbocycles. The lowest BCUT2D eigenvalue weighted by atomic mass is 9.96. The molecule has 47 heavy (non-hydrogen) atoms. The highest BCUT2D eigenvalue weighted by atomic mass is 35.5. The van der Waals surface area contributed by atoms with E-state index in [1.165, 1.54) is 39.1 Å². The Balaban J connectivity index is 1.17.